The minimum absolute atomic E-state index is 0.0894. The van der Waals surface area contributed by atoms with Gasteiger partial charge in [-0.3, -0.25) is 19.1 Å². The molecule has 2 aliphatic rings. The maximum absolute atomic E-state index is 13.5. The quantitative estimate of drug-likeness (QED) is 0.483. The Kier molecular flexibility index (Phi) is 5.25. The number of hydrogen-bond donors (Lipinski definition) is 3. The van der Waals surface area contributed by atoms with E-state index in [-0.39, 0.29) is 16.9 Å². The molecule has 0 saturated carbocycles. The first-order valence-electron chi connectivity index (χ1n) is 10.8. The van der Waals surface area contributed by atoms with Gasteiger partial charge in [-0.15, -0.1) is 0 Å². The van der Waals surface area contributed by atoms with Gasteiger partial charge in [-0.2, -0.15) is 0 Å². The molecule has 3 aromatic rings. The molecule has 3 N–H and O–H groups in total. The topological polar surface area (TPSA) is 130 Å². The number of nitrogens with one attached hydrogen (secondary N) is 2. The number of methoxy groups -OCH3 is 1. The molecule has 172 valence electrons. The fraction of sp³-hybridized carbons (Fsp3) is 0.200. The summed E-state index contributed by atoms with van der Waals surface area (Å²) in [7, 11) is 1.57. The zero-order chi connectivity index (χ0) is 24.0. The van der Waals surface area contributed by atoms with Gasteiger partial charge >= 0.3 is 11.7 Å². The van der Waals surface area contributed by atoms with E-state index in [1.54, 1.807) is 31.4 Å². The van der Waals surface area contributed by atoms with Crippen molar-refractivity contribution in [1.29, 1.82) is 0 Å². The number of carbonyl (C=O) groups is 2. The monoisotopic (exact) mass is 459 g/mol. The number of aromatic nitrogens is 2. The van der Waals surface area contributed by atoms with Gasteiger partial charge in [-0.1, -0.05) is 36.4 Å². The highest BCUT2D eigenvalue weighted by Crippen LogP contribution is 2.47. The number of anilines is 1. The number of nitrogens with zero attached hydrogens (tertiary/aromatic N) is 1. The van der Waals surface area contributed by atoms with Crippen molar-refractivity contribution in [3.8, 4) is 0 Å². The molecule has 0 amide bonds. The van der Waals surface area contributed by atoms with Crippen molar-refractivity contribution in [2.75, 3.05) is 19.0 Å². The third-order valence-corrected chi connectivity index (χ3v) is 6.23. The van der Waals surface area contributed by atoms with E-state index in [1.165, 1.54) is 16.7 Å². The van der Waals surface area contributed by atoms with Gasteiger partial charge in [0, 0.05) is 42.9 Å². The van der Waals surface area contributed by atoms with Crippen molar-refractivity contribution in [1.82, 2.24) is 9.55 Å². The molecule has 1 atom stereocenters. The van der Waals surface area contributed by atoms with Gasteiger partial charge in [0.25, 0.3) is 5.56 Å². The van der Waals surface area contributed by atoms with Gasteiger partial charge in [0.1, 0.15) is 5.82 Å². The molecule has 1 unspecified atom stereocenters. The summed E-state index contributed by atoms with van der Waals surface area (Å²) in [4.78, 5) is 53.1. The van der Waals surface area contributed by atoms with Crippen LogP contribution in [0.3, 0.4) is 0 Å². The van der Waals surface area contributed by atoms with E-state index >= 15 is 0 Å². The minimum atomic E-state index is -1.08. The van der Waals surface area contributed by atoms with E-state index < -0.39 is 23.1 Å². The Bertz CT molecular complexity index is 1480. The number of H-pyrrole nitrogens is 1. The summed E-state index contributed by atoms with van der Waals surface area (Å²) in [5.41, 5.74) is 1.88. The number of fused-ring (bicyclic) bond motifs is 3. The molecule has 1 aliphatic heterocycles. The summed E-state index contributed by atoms with van der Waals surface area (Å²) in [5.74, 6) is -1.76. The summed E-state index contributed by atoms with van der Waals surface area (Å²) in [5, 5.41) is 12.5. The molecule has 2 aromatic carbocycles. The molecule has 9 nitrogen and oxygen atoms in total. The molecule has 0 fully saturated rings. The van der Waals surface area contributed by atoms with Crippen molar-refractivity contribution in [3.05, 3.63) is 103 Å². The first-order chi connectivity index (χ1) is 16.4. The second-order valence-electron chi connectivity index (χ2n) is 8.17. The van der Waals surface area contributed by atoms with E-state index in [2.05, 4.69) is 10.3 Å². The predicted molar refractivity (Wildman–Crippen MR) is 124 cm³/mol. The Labute approximate surface area is 193 Å². The van der Waals surface area contributed by atoms with Crippen molar-refractivity contribution in [2.45, 2.75) is 18.9 Å². The number of carbonyl (C=O) groups excluding carboxylic acids is 1. The van der Waals surface area contributed by atoms with Crippen molar-refractivity contribution in [2.24, 2.45) is 0 Å². The van der Waals surface area contributed by atoms with Crippen LogP contribution in [0, 0.1) is 0 Å². The molecule has 2 heterocycles. The van der Waals surface area contributed by atoms with Crippen LogP contribution >= 0.6 is 0 Å². The van der Waals surface area contributed by atoms with E-state index in [9.17, 15) is 24.3 Å². The number of aromatic amines is 1. The van der Waals surface area contributed by atoms with Gasteiger partial charge in [0.05, 0.1) is 16.8 Å². The highest BCUT2D eigenvalue weighted by Gasteiger charge is 2.42. The largest absolute Gasteiger partial charge is 0.478 e. The van der Waals surface area contributed by atoms with Crippen LogP contribution in [0.15, 0.2) is 63.7 Å². The first-order valence-corrected chi connectivity index (χ1v) is 10.8. The smallest absolute Gasteiger partial charge is 0.335 e. The maximum atomic E-state index is 13.5. The summed E-state index contributed by atoms with van der Waals surface area (Å²) in [6.45, 7) is 0.720. The van der Waals surface area contributed by atoms with Crippen molar-refractivity contribution >= 4 is 23.3 Å². The highest BCUT2D eigenvalue weighted by molar-refractivity contribution is 6.23. The standard InChI is InChI=1S/C25H21N3O6/c1-34-12-4-11-28-22-19(23(30)27-25(28)33)17(13-7-9-14(10-8-13)24(31)32)18-20(26-22)15-5-2-3-6-16(15)21(18)29/h2-3,5-10,17,26H,4,11-12H2,1H3,(H,31,32)(H,27,30,33). The fourth-order valence-corrected chi connectivity index (χ4v) is 4.70. The number of Topliss-reactive ketones (excluding diaryl/α,β-unsaturated/α-hetero) is 1. The molecule has 1 aliphatic carbocycles. The average molecular weight is 459 g/mol. The summed E-state index contributed by atoms with van der Waals surface area (Å²) in [6, 6.07) is 13.2. The van der Waals surface area contributed by atoms with Crippen LogP contribution in [-0.4, -0.2) is 40.1 Å². The zero-order valence-electron chi connectivity index (χ0n) is 18.3. The summed E-state index contributed by atoms with van der Waals surface area (Å²) < 4.78 is 6.56. The van der Waals surface area contributed by atoms with E-state index in [4.69, 9.17) is 4.74 Å². The lowest BCUT2D eigenvalue weighted by molar-refractivity contribution is 0.0696. The predicted octanol–water partition coefficient (Wildman–Crippen LogP) is 2.44. The fourth-order valence-electron chi connectivity index (χ4n) is 4.70. The molecule has 0 radical (unpaired) electrons. The Morgan fingerprint density at radius 2 is 1.76 bits per heavy atom. The van der Waals surface area contributed by atoms with Gasteiger partial charge in [0.2, 0.25) is 0 Å². The number of rotatable bonds is 6. The minimum Gasteiger partial charge on any atom is -0.478 e. The molecule has 0 bridgehead atoms. The summed E-state index contributed by atoms with van der Waals surface area (Å²) >= 11 is 0. The van der Waals surface area contributed by atoms with Crippen LogP contribution in [0.2, 0.25) is 0 Å². The van der Waals surface area contributed by atoms with Crippen LogP contribution in [0.1, 0.15) is 49.7 Å². The molecular formula is C25H21N3O6. The molecule has 0 spiro atoms. The first kappa shape index (κ1) is 21.6. The Balaban J connectivity index is 1.76. The van der Waals surface area contributed by atoms with Crippen LogP contribution in [0.5, 0.6) is 0 Å². The van der Waals surface area contributed by atoms with E-state index in [1.807, 2.05) is 12.1 Å². The second-order valence-corrected chi connectivity index (χ2v) is 8.17. The summed E-state index contributed by atoms with van der Waals surface area (Å²) in [6.07, 6.45) is 0.538. The molecule has 5 rings (SSSR count). The Morgan fingerprint density at radius 1 is 1.06 bits per heavy atom. The Morgan fingerprint density at radius 3 is 2.44 bits per heavy atom. The van der Waals surface area contributed by atoms with Crippen molar-refractivity contribution < 1.29 is 19.4 Å². The molecule has 34 heavy (non-hydrogen) atoms. The van der Waals surface area contributed by atoms with E-state index in [0.29, 0.717) is 53.4 Å². The number of allylic oxidation sites excluding steroid dienone is 1. The van der Waals surface area contributed by atoms with Gasteiger partial charge in [-0.25, -0.2) is 9.59 Å². The van der Waals surface area contributed by atoms with Crippen LogP contribution in [-0.2, 0) is 11.3 Å². The molecular weight excluding hydrogens is 438 g/mol. The van der Waals surface area contributed by atoms with Crippen molar-refractivity contribution in [3.63, 3.8) is 0 Å². The SMILES string of the molecule is COCCCn1c2c(c(=O)[nH]c1=O)C(c1ccc(C(=O)O)cc1)C1=C(N2)c2ccccc2C1=O. The average Bonchev–Trinajstić information content (AvgIpc) is 3.12. The second kappa shape index (κ2) is 8.27. The van der Waals surface area contributed by atoms with Crippen LogP contribution in [0.4, 0.5) is 5.82 Å². The van der Waals surface area contributed by atoms with Crippen LogP contribution in [0.25, 0.3) is 5.70 Å². The number of carboxylic acids is 1. The number of carboxylic acid groups (broad SMARTS) is 1. The lowest BCUT2D eigenvalue weighted by atomic mass is 9.81. The maximum Gasteiger partial charge on any atom is 0.335 e. The van der Waals surface area contributed by atoms with Gasteiger partial charge in [-0.05, 0) is 24.1 Å². The Hall–Kier alpha value is -4.24. The van der Waals surface area contributed by atoms with Crippen LogP contribution < -0.4 is 16.6 Å². The van der Waals surface area contributed by atoms with Gasteiger partial charge < -0.3 is 15.2 Å². The molecule has 9 heteroatoms. The van der Waals surface area contributed by atoms with Gasteiger partial charge in [0.15, 0.2) is 5.78 Å². The lowest BCUT2D eigenvalue weighted by Gasteiger charge is -2.29. The third kappa shape index (κ3) is 3.29. The number of ether oxygens (including phenoxy) is 1. The number of ketones is 1. The lowest BCUT2D eigenvalue weighted by Crippen LogP contribution is -2.38. The zero-order valence-corrected chi connectivity index (χ0v) is 18.3. The normalized spacial score (nSPS) is 16.0. The third-order valence-electron chi connectivity index (χ3n) is 6.23. The molecule has 0 saturated heterocycles. The highest BCUT2D eigenvalue weighted by atomic mass is 16.5. The van der Waals surface area contributed by atoms with E-state index in [0.717, 1.165) is 0 Å². The number of hydrogen-bond acceptors (Lipinski definition) is 6. The molecule has 1 aromatic heterocycles. The number of aromatic carboxylic acids is 1. The number of benzene rings is 2.